The highest BCUT2D eigenvalue weighted by Gasteiger charge is 2.20. The fourth-order valence-electron chi connectivity index (χ4n) is 2.52. The molecule has 0 amide bonds. The maximum Gasteiger partial charge on any atom is 0.182 e. The highest BCUT2D eigenvalue weighted by molar-refractivity contribution is 6.33. The van der Waals surface area contributed by atoms with Gasteiger partial charge in [-0.25, -0.2) is 0 Å². The molecule has 0 N–H and O–H groups in total. The third-order valence-electron chi connectivity index (χ3n) is 3.64. The molecule has 1 atom stereocenters. The molecule has 2 aromatic rings. The SMILES string of the molecule is Cc1ccc(C#N)cc1-n1c(C)cc(C(=O)C(C)Cl)c1C. The van der Waals surface area contributed by atoms with Crippen molar-refractivity contribution in [1.29, 1.82) is 5.26 Å². The molecule has 0 spiro atoms. The molecule has 2 rings (SSSR count). The maximum absolute atomic E-state index is 12.2. The lowest BCUT2D eigenvalue weighted by atomic mass is 10.1. The monoisotopic (exact) mass is 300 g/mol. The first-order chi connectivity index (χ1) is 9.86. The topological polar surface area (TPSA) is 45.8 Å². The number of benzene rings is 1. The van der Waals surface area contributed by atoms with Gasteiger partial charge in [-0.3, -0.25) is 4.79 Å². The van der Waals surface area contributed by atoms with Crippen molar-refractivity contribution in [3.05, 3.63) is 52.3 Å². The summed E-state index contributed by atoms with van der Waals surface area (Å²) in [5, 5.41) is 8.52. The molecular formula is C17H17ClN2O. The number of halogens is 1. The zero-order valence-electron chi connectivity index (χ0n) is 12.6. The number of Topliss-reactive ketones (excluding diaryl/α,β-unsaturated/α-hetero) is 1. The Kier molecular flexibility index (Phi) is 4.20. The van der Waals surface area contributed by atoms with Crippen LogP contribution in [0, 0.1) is 32.1 Å². The van der Waals surface area contributed by atoms with Crippen LogP contribution in [0.15, 0.2) is 24.3 Å². The summed E-state index contributed by atoms with van der Waals surface area (Å²) in [7, 11) is 0. The van der Waals surface area contributed by atoms with Gasteiger partial charge in [0.2, 0.25) is 0 Å². The van der Waals surface area contributed by atoms with E-state index < -0.39 is 5.38 Å². The van der Waals surface area contributed by atoms with Gasteiger partial charge in [0.05, 0.1) is 17.0 Å². The smallest absolute Gasteiger partial charge is 0.182 e. The van der Waals surface area contributed by atoms with Crippen LogP contribution in [0.1, 0.15) is 39.8 Å². The number of aromatic nitrogens is 1. The van der Waals surface area contributed by atoms with E-state index in [-0.39, 0.29) is 5.78 Å². The van der Waals surface area contributed by atoms with Gasteiger partial charge in [0.15, 0.2) is 5.78 Å². The number of alkyl halides is 1. The number of carbonyl (C=O) groups is 1. The summed E-state index contributed by atoms with van der Waals surface area (Å²) >= 11 is 5.92. The summed E-state index contributed by atoms with van der Waals surface area (Å²) in [5.74, 6) is -0.0786. The van der Waals surface area contributed by atoms with Crippen LogP contribution in [0.25, 0.3) is 5.69 Å². The highest BCUT2D eigenvalue weighted by Crippen LogP contribution is 2.25. The van der Waals surface area contributed by atoms with E-state index in [0.717, 1.165) is 22.6 Å². The fraction of sp³-hybridized carbons (Fsp3) is 0.294. The Morgan fingerprint density at radius 2 is 1.95 bits per heavy atom. The van der Waals surface area contributed by atoms with Crippen LogP contribution in [0.5, 0.6) is 0 Å². The number of carbonyl (C=O) groups excluding carboxylic acids is 1. The summed E-state index contributed by atoms with van der Waals surface area (Å²) in [6, 6.07) is 9.55. The van der Waals surface area contributed by atoms with Crippen LogP contribution in [0.3, 0.4) is 0 Å². The summed E-state index contributed by atoms with van der Waals surface area (Å²) in [4.78, 5) is 12.2. The number of nitriles is 1. The van der Waals surface area contributed by atoms with Gasteiger partial charge in [0.1, 0.15) is 0 Å². The largest absolute Gasteiger partial charge is 0.317 e. The Morgan fingerprint density at radius 3 is 2.52 bits per heavy atom. The molecular weight excluding hydrogens is 284 g/mol. The minimum absolute atomic E-state index is 0.0786. The van der Waals surface area contributed by atoms with Gasteiger partial charge in [-0.1, -0.05) is 6.07 Å². The minimum Gasteiger partial charge on any atom is -0.317 e. The Morgan fingerprint density at radius 1 is 1.29 bits per heavy atom. The van der Waals surface area contributed by atoms with E-state index in [9.17, 15) is 4.79 Å². The number of hydrogen-bond acceptors (Lipinski definition) is 2. The van der Waals surface area contributed by atoms with Crippen molar-refractivity contribution in [2.24, 2.45) is 0 Å². The molecule has 0 aliphatic rings. The molecule has 0 radical (unpaired) electrons. The van der Waals surface area contributed by atoms with Crippen molar-refractivity contribution in [3.63, 3.8) is 0 Å². The molecule has 0 fully saturated rings. The number of hydrogen-bond donors (Lipinski definition) is 0. The van der Waals surface area contributed by atoms with Crippen LogP contribution in [-0.2, 0) is 0 Å². The lowest BCUT2D eigenvalue weighted by molar-refractivity contribution is 0.0991. The van der Waals surface area contributed by atoms with Gasteiger partial charge in [-0.2, -0.15) is 5.26 Å². The zero-order chi connectivity index (χ0) is 15.7. The molecule has 1 aromatic heterocycles. The third kappa shape index (κ3) is 2.72. The summed E-state index contributed by atoms with van der Waals surface area (Å²) in [5.41, 5.74) is 5.01. The average Bonchev–Trinajstić information content (AvgIpc) is 2.74. The predicted octanol–water partition coefficient (Wildman–Crippen LogP) is 4.08. The second-order valence-corrected chi connectivity index (χ2v) is 5.87. The van der Waals surface area contributed by atoms with Crippen LogP contribution in [0.2, 0.25) is 0 Å². The minimum atomic E-state index is -0.550. The van der Waals surface area contributed by atoms with Gasteiger partial charge in [0, 0.05) is 22.6 Å². The van der Waals surface area contributed by atoms with Crippen molar-refractivity contribution in [2.75, 3.05) is 0 Å². The van der Waals surface area contributed by atoms with Crippen molar-refractivity contribution in [1.82, 2.24) is 4.57 Å². The second kappa shape index (κ2) is 5.75. The van der Waals surface area contributed by atoms with E-state index in [2.05, 4.69) is 6.07 Å². The van der Waals surface area contributed by atoms with Crippen LogP contribution in [-0.4, -0.2) is 15.7 Å². The Balaban J connectivity index is 2.66. The summed E-state index contributed by atoms with van der Waals surface area (Å²) < 4.78 is 2.00. The highest BCUT2D eigenvalue weighted by atomic mass is 35.5. The molecule has 0 saturated carbocycles. The van der Waals surface area contributed by atoms with E-state index >= 15 is 0 Å². The van der Waals surface area contributed by atoms with Gasteiger partial charge in [0.25, 0.3) is 0 Å². The van der Waals surface area contributed by atoms with Crippen LogP contribution >= 0.6 is 11.6 Å². The number of aryl methyl sites for hydroxylation is 2. The molecule has 1 unspecified atom stereocenters. The standard InChI is InChI=1S/C17H17ClN2O/c1-10-5-6-14(9-19)8-16(10)20-11(2)7-15(13(20)4)17(21)12(3)18/h5-8,12H,1-4H3. The third-order valence-corrected chi connectivity index (χ3v) is 3.84. The molecule has 4 heteroatoms. The summed E-state index contributed by atoms with van der Waals surface area (Å²) in [6.45, 7) is 7.51. The molecule has 108 valence electrons. The maximum atomic E-state index is 12.2. The van der Waals surface area contributed by atoms with Crippen LogP contribution < -0.4 is 0 Å². The molecule has 0 aliphatic carbocycles. The quantitative estimate of drug-likeness (QED) is 0.633. The first kappa shape index (κ1) is 15.3. The Labute approximate surface area is 129 Å². The van der Waals surface area contributed by atoms with E-state index in [0.29, 0.717) is 11.1 Å². The van der Waals surface area contributed by atoms with Gasteiger partial charge >= 0.3 is 0 Å². The zero-order valence-corrected chi connectivity index (χ0v) is 13.3. The van der Waals surface area contributed by atoms with E-state index in [1.54, 1.807) is 13.0 Å². The Hall–Kier alpha value is -2.05. The molecule has 0 saturated heterocycles. The normalized spacial score (nSPS) is 12.0. The fourth-order valence-corrected chi connectivity index (χ4v) is 2.63. The van der Waals surface area contributed by atoms with E-state index in [1.165, 1.54) is 0 Å². The first-order valence-electron chi connectivity index (χ1n) is 6.75. The van der Waals surface area contributed by atoms with Crippen molar-refractivity contribution in [3.8, 4) is 11.8 Å². The Bertz CT molecular complexity index is 751. The summed E-state index contributed by atoms with van der Waals surface area (Å²) in [6.07, 6.45) is 0. The molecule has 21 heavy (non-hydrogen) atoms. The lowest BCUT2D eigenvalue weighted by Gasteiger charge is -2.13. The average molecular weight is 301 g/mol. The van der Waals surface area contributed by atoms with E-state index in [1.807, 2.05) is 43.5 Å². The number of rotatable bonds is 3. The van der Waals surface area contributed by atoms with Gasteiger partial charge in [-0.05, 0) is 51.5 Å². The van der Waals surface area contributed by atoms with E-state index in [4.69, 9.17) is 16.9 Å². The molecule has 1 heterocycles. The molecule has 0 bridgehead atoms. The second-order valence-electron chi connectivity index (χ2n) is 5.21. The molecule has 1 aromatic carbocycles. The molecule has 0 aliphatic heterocycles. The lowest BCUT2D eigenvalue weighted by Crippen LogP contribution is -2.12. The first-order valence-corrected chi connectivity index (χ1v) is 7.18. The molecule has 3 nitrogen and oxygen atoms in total. The van der Waals surface area contributed by atoms with Crippen molar-refractivity contribution in [2.45, 2.75) is 33.1 Å². The van der Waals surface area contributed by atoms with Crippen LogP contribution in [0.4, 0.5) is 0 Å². The predicted molar refractivity (Wildman–Crippen MR) is 84.3 cm³/mol. The number of nitrogens with zero attached hydrogens (tertiary/aromatic N) is 2. The van der Waals surface area contributed by atoms with Crippen molar-refractivity contribution >= 4 is 17.4 Å². The van der Waals surface area contributed by atoms with Gasteiger partial charge < -0.3 is 4.57 Å². The van der Waals surface area contributed by atoms with Gasteiger partial charge in [-0.15, -0.1) is 11.6 Å². The van der Waals surface area contributed by atoms with Crippen molar-refractivity contribution < 1.29 is 4.79 Å². The number of ketones is 1.